The largest absolute Gasteiger partial charge is 0.438 e. The molecular formula is C13H14N4O3. The van der Waals surface area contributed by atoms with Crippen LogP contribution in [0.2, 0.25) is 0 Å². The fraction of sp³-hybridized carbons (Fsp3) is 0.385. The summed E-state index contributed by atoms with van der Waals surface area (Å²) in [6.45, 7) is 0.377. The second kappa shape index (κ2) is 5.28. The maximum atomic E-state index is 12.0. The summed E-state index contributed by atoms with van der Waals surface area (Å²) < 4.78 is 4.37. The topological polar surface area (TPSA) is 101 Å². The van der Waals surface area contributed by atoms with Crippen molar-refractivity contribution in [2.45, 2.75) is 25.2 Å². The van der Waals surface area contributed by atoms with Crippen molar-refractivity contribution < 1.29 is 9.32 Å². The van der Waals surface area contributed by atoms with Crippen molar-refractivity contribution >= 4 is 5.91 Å². The first-order chi connectivity index (χ1) is 9.72. The summed E-state index contributed by atoms with van der Waals surface area (Å²) in [4.78, 5) is 29.4. The highest BCUT2D eigenvalue weighted by molar-refractivity contribution is 5.94. The molecule has 7 nitrogen and oxygen atoms in total. The van der Waals surface area contributed by atoms with Crippen LogP contribution in [0, 0.1) is 0 Å². The summed E-state index contributed by atoms with van der Waals surface area (Å²) in [5, 5.41) is 6.30. The molecule has 2 N–H and O–H groups in total. The number of H-pyrrole nitrogens is 1. The molecule has 1 aliphatic carbocycles. The van der Waals surface area contributed by atoms with Gasteiger partial charge in [0.15, 0.2) is 5.82 Å². The van der Waals surface area contributed by atoms with E-state index in [1.807, 2.05) is 6.07 Å². The van der Waals surface area contributed by atoms with Gasteiger partial charge in [-0.05, 0) is 25.0 Å². The van der Waals surface area contributed by atoms with Gasteiger partial charge in [0, 0.05) is 36.3 Å². The highest BCUT2D eigenvalue weighted by atomic mass is 16.5. The van der Waals surface area contributed by atoms with E-state index in [1.165, 1.54) is 0 Å². The van der Waals surface area contributed by atoms with Crippen molar-refractivity contribution in [2.24, 2.45) is 0 Å². The van der Waals surface area contributed by atoms with E-state index in [0.717, 1.165) is 18.5 Å². The molecule has 1 amide bonds. The third kappa shape index (κ3) is 2.93. The predicted octanol–water partition coefficient (Wildman–Crippen LogP) is 0.608. The zero-order valence-electron chi connectivity index (χ0n) is 10.8. The van der Waals surface area contributed by atoms with E-state index in [9.17, 15) is 9.59 Å². The van der Waals surface area contributed by atoms with Gasteiger partial charge in [0.2, 0.25) is 0 Å². The molecule has 0 saturated heterocycles. The first kappa shape index (κ1) is 12.6. The van der Waals surface area contributed by atoms with Crippen LogP contribution in [0.25, 0.3) is 0 Å². The predicted molar refractivity (Wildman–Crippen MR) is 69.4 cm³/mol. The molecule has 104 valence electrons. The molecule has 0 radical (unpaired) electrons. The van der Waals surface area contributed by atoms with E-state index in [0.29, 0.717) is 30.3 Å². The Hall–Kier alpha value is -2.44. The maximum absolute atomic E-state index is 12.0. The Morgan fingerprint density at radius 3 is 3.05 bits per heavy atom. The lowest BCUT2D eigenvalue weighted by Gasteiger charge is -2.05. The van der Waals surface area contributed by atoms with Crippen molar-refractivity contribution in [2.75, 3.05) is 6.54 Å². The number of aromatic nitrogens is 3. The Balaban J connectivity index is 1.56. The van der Waals surface area contributed by atoms with Gasteiger partial charge >= 0.3 is 5.76 Å². The van der Waals surface area contributed by atoms with Gasteiger partial charge in [0.25, 0.3) is 5.91 Å². The van der Waals surface area contributed by atoms with Gasteiger partial charge in [-0.1, -0.05) is 5.16 Å². The van der Waals surface area contributed by atoms with Crippen LogP contribution >= 0.6 is 0 Å². The molecular weight excluding hydrogens is 260 g/mol. The standard InChI is InChI=1S/C13H14N4O3/c18-12(15-6-4-11-16-13(19)20-17-11)9-3-5-14-10(7-9)8-1-2-8/h3,5,7-8H,1-2,4,6H2,(H,15,18)(H,16,17,19). The van der Waals surface area contributed by atoms with E-state index < -0.39 is 5.76 Å². The van der Waals surface area contributed by atoms with E-state index in [1.54, 1.807) is 12.3 Å². The van der Waals surface area contributed by atoms with Crippen molar-refractivity contribution in [3.05, 3.63) is 46.0 Å². The first-order valence-electron chi connectivity index (χ1n) is 6.51. The molecule has 0 atom stereocenters. The molecule has 2 aromatic heterocycles. The van der Waals surface area contributed by atoms with Crippen LogP contribution in [0.3, 0.4) is 0 Å². The zero-order valence-corrected chi connectivity index (χ0v) is 10.8. The second-order valence-electron chi connectivity index (χ2n) is 4.79. The smallest absolute Gasteiger partial charge is 0.352 e. The number of rotatable bonds is 5. The molecule has 2 aromatic rings. The number of carbonyl (C=O) groups is 1. The Morgan fingerprint density at radius 1 is 1.50 bits per heavy atom. The Bertz CT molecular complexity index is 672. The summed E-state index contributed by atoms with van der Waals surface area (Å²) in [7, 11) is 0. The van der Waals surface area contributed by atoms with Gasteiger partial charge < -0.3 is 5.32 Å². The number of pyridine rings is 1. The van der Waals surface area contributed by atoms with E-state index >= 15 is 0 Å². The summed E-state index contributed by atoms with van der Waals surface area (Å²) in [5.41, 5.74) is 1.59. The van der Waals surface area contributed by atoms with Gasteiger partial charge in [-0.25, -0.2) is 4.79 Å². The Morgan fingerprint density at radius 2 is 2.35 bits per heavy atom. The number of hydrogen-bond acceptors (Lipinski definition) is 5. The number of aromatic amines is 1. The monoisotopic (exact) mass is 274 g/mol. The summed E-state index contributed by atoms with van der Waals surface area (Å²) in [5.74, 6) is 0.196. The van der Waals surface area contributed by atoms with E-state index in [-0.39, 0.29) is 5.91 Å². The molecule has 3 rings (SSSR count). The van der Waals surface area contributed by atoms with Gasteiger partial charge in [0.1, 0.15) is 0 Å². The number of nitrogens with zero attached hydrogens (tertiary/aromatic N) is 2. The molecule has 0 aromatic carbocycles. The summed E-state index contributed by atoms with van der Waals surface area (Å²) >= 11 is 0. The van der Waals surface area contributed by atoms with Crippen LogP contribution in [-0.2, 0) is 6.42 Å². The zero-order chi connectivity index (χ0) is 13.9. The number of hydrogen-bond donors (Lipinski definition) is 2. The van der Waals surface area contributed by atoms with Crippen molar-refractivity contribution in [3.63, 3.8) is 0 Å². The normalized spacial score (nSPS) is 14.2. The summed E-state index contributed by atoms with van der Waals surface area (Å²) in [6.07, 6.45) is 4.38. The highest BCUT2D eigenvalue weighted by Crippen LogP contribution is 2.38. The minimum absolute atomic E-state index is 0.153. The van der Waals surface area contributed by atoms with Crippen LogP contribution < -0.4 is 11.1 Å². The summed E-state index contributed by atoms with van der Waals surface area (Å²) in [6, 6.07) is 3.53. The molecule has 0 unspecified atom stereocenters. The SMILES string of the molecule is O=C(NCCc1noc(=O)[nH]1)c1ccnc(C2CC2)c1. The van der Waals surface area contributed by atoms with Crippen LogP contribution in [0.4, 0.5) is 0 Å². The van der Waals surface area contributed by atoms with E-state index in [2.05, 4.69) is 25.0 Å². The van der Waals surface area contributed by atoms with Crippen LogP contribution in [-0.4, -0.2) is 27.6 Å². The second-order valence-corrected chi connectivity index (χ2v) is 4.79. The fourth-order valence-corrected chi connectivity index (χ4v) is 1.96. The molecule has 1 fully saturated rings. The molecule has 0 bridgehead atoms. The third-order valence-corrected chi connectivity index (χ3v) is 3.17. The number of amides is 1. The van der Waals surface area contributed by atoms with Crippen molar-refractivity contribution in [1.82, 2.24) is 20.4 Å². The fourth-order valence-electron chi connectivity index (χ4n) is 1.96. The van der Waals surface area contributed by atoms with E-state index in [4.69, 9.17) is 0 Å². The van der Waals surface area contributed by atoms with Gasteiger partial charge in [-0.3, -0.25) is 19.3 Å². The molecule has 20 heavy (non-hydrogen) atoms. The van der Waals surface area contributed by atoms with Crippen molar-refractivity contribution in [1.29, 1.82) is 0 Å². The highest BCUT2D eigenvalue weighted by Gasteiger charge is 2.25. The first-order valence-corrected chi connectivity index (χ1v) is 6.51. The molecule has 1 aliphatic rings. The Kier molecular flexibility index (Phi) is 3.32. The number of nitrogens with one attached hydrogen (secondary N) is 2. The maximum Gasteiger partial charge on any atom is 0.438 e. The lowest BCUT2D eigenvalue weighted by Crippen LogP contribution is -2.26. The van der Waals surface area contributed by atoms with Crippen LogP contribution in [0.5, 0.6) is 0 Å². The average Bonchev–Trinajstić information content (AvgIpc) is 3.23. The van der Waals surface area contributed by atoms with Crippen LogP contribution in [0.1, 0.15) is 40.6 Å². The van der Waals surface area contributed by atoms with Gasteiger partial charge in [0.05, 0.1) is 0 Å². The molecule has 7 heteroatoms. The average molecular weight is 274 g/mol. The molecule has 0 aliphatic heterocycles. The Labute approximate surface area is 114 Å². The molecule has 0 spiro atoms. The third-order valence-electron chi connectivity index (χ3n) is 3.17. The minimum Gasteiger partial charge on any atom is -0.352 e. The quantitative estimate of drug-likeness (QED) is 0.831. The lowest BCUT2D eigenvalue weighted by atomic mass is 10.1. The molecule has 1 saturated carbocycles. The lowest BCUT2D eigenvalue weighted by molar-refractivity contribution is 0.0953. The van der Waals surface area contributed by atoms with Gasteiger partial charge in [-0.15, -0.1) is 0 Å². The minimum atomic E-state index is -0.588. The van der Waals surface area contributed by atoms with Crippen LogP contribution in [0.15, 0.2) is 27.6 Å². The van der Waals surface area contributed by atoms with Gasteiger partial charge in [-0.2, -0.15) is 0 Å². The van der Waals surface area contributed by atoms with Crippen molar-refractivity contribution in [3.8, 4) is 0 Å². The number of carbonyl (C=O) groups excluding carboxylic acids is 1. The molecule has 2 heterocycles.